The Morgan fingerprint density at radius 3 is 2.34 bits per heavy atom. The van der Waals surface area contributed by atoms with Crippen LogP contribution in [0.15, 0.2) is 60.7 Å². The van der Waals surface area contributed by atoms with Crippen LogP contribution in [0.25, 0.3) is 0 Å². The molecule has 2 aliphatic carbocycles. The van der Waals surface area contributed by atoms with Crippen molar-refractivity contribution in [2.45, 2.75) is 25.8 Å². The molecule has 3 aliphatic rings. The number of allylic oxidation sites excluding steroid dienone is 2. The van der Waals surface area contributed by atoms with Crippen LogP contribution in [0, 0.1) is 30.6 Å². The number of halogens is 1. The van der Waals surface area contributed by atoms with Crippen molar-refractivity contribution in [2.24, 2.45) is 23.7 Å². The highest BCUT2D eigenvalue weighted by molar-refractivity contribution is 6.31. The number of rotatable bonds is 7. The first-order chi connectivity index (χ1) is 16.8. The molecule has 5 atom stereocenters. The van der Waals surface area contributed by atoms with Gasteiger partial charge in [0.2, 0.25) is 11.8 Å². The van der Waals surface area contributed by atoms with Crippen LogP contribution < -0.4 is 5.32 Å². The largest absolute Gasteiger partial charge is 0.454 e. The van der Waals surface area contributed by atoms with Gasteiger partial charge in [0.15, 0.2) is 6.61 Å². The molecule has 180 valence electrons. The molecular weight excluding hydrogens is 468 g/mol. The molecule has 2 fully saturated rings. The molecule has 1 aliphatic heterocycles. The van der Waals surface area contributed by atoms with E-state index in [1.54, 1.807) is 18.2 Å². The van der Waals surface area contributed by atoms with Gasteiger partial charge < -0.3 is 10.1 Å². The molecular formula is C27H25ClN2O5. The van der Waals surface area contributed by atoms with E-state index in [1.807, 2.05) is 49.4 Å². The maximum atomic E-state index is 13.3. The minimum Gasteiger partial charge on any atom is -0.454 e. The van der Waals surface area contributed by atoms with E-state index in [2.05, 4.69) is 5.32 Å². The van der Waals surface area contributed by atoms with Crippen LogP contribution >= 0.6 is 11.6 Å². The second-order valence-electron chi connectivity index (χ2n) is 9.37. The van der Waals surface area contributed by atoms with Gasteiger partial charge in [-0.3, -0.25) is 19.3 Å². The van der Waals surface area contributed by atoms with Crippen molar-refractivity contribution < 1.29 is 23.9 Å². The van der Waals surface area contributed by atoms with Crippen molar-refractivity contribution in [3.05, 3.63) is 76.8 Å². The Balaban J connectivity index is 1.31. The quantitative estimate of drug-likeness (QED) is 0.362. The van der Waals surface area contributed by atoms with Gasteiger partial charge in [0.1, 0.15) is 6.04 Å². The summed E-state index contributed by atoms with van der Waals surface area (Å²) in [6.07, 6.45) is 4.94. The van der Waals surface area contributed by atoms with Gasteiger partial charge in [-0.15, -0.1) is 0 Å². The first kappa shape index (κ1) is 23.3. The predicted octanol–water partition coefficient (Wildman–Crippen LogP) is 3.55. The van der Waals surface area contributed by atoms with Crippen LogP contribution in [0.2, 0.25) is 5.02 Å². The number of carbonyl (C=O) groups is 4. The second-order valence-corrected chi connectivity index (χ2v) is 9.78. The molecule has 3 amide bonds. The lowest BCUT2D eigenvalue weighted by Crippen LogP contribution is -2.48. The maximum absolute atomic E-state index is 13.3. The lowest BCUT2D eigenvalue weighted by atomic mass is 9.85. The minimum atomic E-state index is -1.14. The highest BCUT2D eigenvalue weighted by atomic mass is 35.5. The highest BCUT2D eigenvalue weighted by Crippen LogP contribution is 2.53. The monoisotopic (exact) mass is 492 g/mol. The fraction of sp³-hybridized carbons (Fsp3) is 0.333. The summed E-state index contributed by atoms with van der Waals surface area (Å²) in [5.74, 6) is -2.75. The zero-order chi connectivity index (χ0) is 24.7. The molecule has 1 saturated carbocycles. The Hall–Kier alpha value is -3.45. The summed E-state index contributed by atoms with van der Waals surface area (Å²) in [5.41, 5.74) is 2.13. The zero-order valence-corrected chi connectivity index (χ0v) is 19.9. The molecule has 35 heavy (non-hydrogen) atoms. The molecule has 2 aromatic rings. The normalized spacial score (nSPS) is 25.0. The van der Waals surface area contributed by atoms with E-state index in [4.69, 9.17) is 16.3 Å². The van der Waals surface area contributed by atoms with Crippen molar-refractivity contribution in [1.29, 1.82) is 0 Å². The number of fused-ring (bicyclic) bond motifs is 5. The number of nitrogens with one attached hydrogen (secondary N) is 1. The van der Waals surface area contributed by atoms with Gasteiger partial charge in [-0.2, -0.15) is 0 Å². The van der Waals surface area contributed by atoms with E-state index in [1.165, 1.54) is 0 Å². The molecule has 0 unspecified atom stereocenters. The predicted molar refractivity (Wildman–Crippen MR) is 129 cm³/mol. The third-order valence-corrected chi connectivity index (χ3v) is 7.57. The van der Waals surface area contributed by atoms with Crippen LogP contribution in [0.3, 0.4) is 0 Å². The number of carbonyl (C=O) groups excluding carboxylic acids is 4. The van der Waals surface area contributed by atoms with E-state index in [0.29, 0.717) is 10.7 Å². The van der Waals surface area contributed by atoms with Gasteiger partial charge in [-0.1, -0.05) is 60.2 Å². The average molecular weight is 493 g/mol. The summed E-state index contributed by atoms with van der Waals surface area (Å²) >= 11 is 6.10. The van der Waals surface area contributed by atoms with Gasteiger partial charge in [-0.25, -0.2) is 4.79 Å². The lowest BCUT2D eigenvalue weighted by Gasteiger charge is -2.26. The summed E-state index contributed by atoms with van der Waals surface area (Å²) < 4.78 is 5.32. The minimum absolute atomic E-state index is 0.0342. The van der Waals surface area contributed by atoms with Crippen molar-refractivity contribution in [2.75, 3.05) is 11.9 Å². The van der Waals surface area contributed by atoms with Gasteiger partial charge >= 0.3 is 5.97 Å². The summed E-state index contributed by atoms with van der Waals surface area (Å²) in [5, 5.41) is 3.14. The van der Waals surface area contributed by atoms with Crippen LogP contribution in [0.1, 0.15) is 17.5 Å². The number of hydrogen-bond acceptors (Lipinski definition) is 5. The third-order valence-electron chi connectivity index (χ3n) is 7.16. The molecule has 1 N–H and O–H groups in total. The van der Waals surface area contributed by atoms with E-state index in [9.17, 15) is 19.2 Å². The first-order valence-corrected chi connectivity index (χ1v) is 12.0. The molecule has 7 nitrogen and oxygen atoms in total. The maximum Gasteiger partial charge on any atom is 0.330 e. The van der Waals surface area contributed by atoms with Crippen LogP contribution in [-0.4, -0.2) is 41.2 Å². The van der Waals surface area contributed by atoms with Crippen LogP contribution in [-0.2, 0) is 30.3 Å². The van der Waals surface area contributed by atoms with Crippen LogP contribution in [0.4, 0.5) is 5.69 Å². The Kier molecular flexibility index (Phi) is 6.19. The fourth-order valence-corrected chi connectivity index (χ4v) is 5.63. The number of anilines is 1. The van der Waals surface area contributed by atoms with Crippen molar-refractivity contribution >= 4 is 41.0 Å². The number of likely N-dealkylation sites (tertiary alicyclic amines) is 1. The molecule has 5 rings (SSSR count). The van der Waals surface area contributed by atoms with Crippen molar-refractivity contribution in [3.8, 4) is 0 Å². The van der Waals surface area contributed by atoms with E-state index < -0.39 is 36.4 Å². The number of ether oxygens (including phenoxy) is 1. The summed E-state index contributed by atoms with van der Waals surface area (Å²) in [4.78, 5) is 53.4. The molecule has 0 radical (unpaired) electrons. The fourth-order valence-electron chi connectivity index (χ4n) is 5.45. The zero-order valence-electron chi connectivity index (χ0n) is 19.1. The topological polar surface area (TPSA) is 92.8 Å². The average Bonchev–Trinajstić information content (AvgIpc) is 3.53. The number of nitrogens with zero attached hydrogens (tertiary/aromatic N) is 1. The molecule has 1 saturated heterocycles. The second kappa shape index (κ2) is 9.30. The molecule has 2 bridgehead atoms. The number of hydrogen-bond donors (Lipinski definition) is 1. The van der Waals surface area contributed by atoms with E-state index in [-0.39, 0.29) is 30.1 Å². The smallest absolute Gasteiger partial charge is 0.330 e. The Morgan fingerprint density at radius 1 is 1.06 bits per heavy atom. The SMILES string of the molecule is Cc1ccc(NC(=O)COC(=O)[C@H](Cc2ccccc2)N2C(=O)[C@@H]3[C@H](C2=O)[C@H]2C=C[C@H]3C2)cc1Cl. The Morgan fingerprint density at radius 2 is 1.71 bits per heavy atom. The van der Waals surface area contributed by atoms with E-state index >= 15 is 0 Å². The number of imide groups is 1. The number of aryl methyl sites for hydroxylation is 1. The number of esters is 1. The summed E-state index contributed by atoms with van der Waals surface area (Å²) in [6, 6.07) is 13.1. The summed E-state index contributed by atoms with van der Waals surface area (Å²) in [6.45, 7) is 1.30. The number of amides is 3. The Bertz CT molecular complexity index is 1200. The number of benzene rings is 2. The molecule has 0 spiro atoms. The molecule has 0 aromatic heterocycles. The van der Waals surface area contributed by atoms with Crippen LogP contribution in [0.5, 0.6) is 0 Å². The van der Waals surface area contributed by atoms with Gasteiger partial charge in [0.25, 0.3) is 5.91 Å². The first-order valence-electron chi connectivity index (χ1n) is 11.7. The highest BCUT2D eigenvalue weighted by Gasteiger charge is 2.61. The van der Waals surface area contributed by atoms with E-state index in [0.717, 1.165) is 22.4 Å². The van der Waals surface area contributed by atoms with Gasteiger partial charge in [0.05, 0.1) is 11.8 Å². The van der Waals surface area contributed by atoms with Crippen molar-refractivity contribution in [3.63, 3.8) is 0 Å². The molecule has 2 aromatic carbocycles. The third kappa shape index (κ3) is 4.36. The Labute approximate surface area is 208 Å². The summed E-state index contributed by atoms with van der Waals surface area (Å²) in [7, 11) is 0. The van der Waals surface area contributed by atoms with Crippen molar-refractivity contribution in [1.82, 2.24) is 4.90 Å². The van der Waals surface area contributed by atoms with Gasteiger partial charge in [0, 0.05) is 17.1 Å². The molecule has 8 heteroatoms. The van der Waals surface area contributed by atoms with Gasteiger partial charge in [-0.05, 0) is 48.4 Å². The standard InChI is InChI=1S/C27H25ClN2O5/c1-15-7-10-19(13-20(15)28)29-22(31)14-35-27(34)21(11-16-5-3-2-4-6-16)30-25(32)23-17-8-9-18(12-17)24(23)26(30)33/h2-10,13,17-18,21,23-24H,11-12,14H2,1H3,(H,29,31)/t17-,18-,21-,23-,24+/m0/s1. The molecule has 1 heterocycles. The lowest BCUT2D eigenvalue weighted by molar-refractivity contribution is -0.160.